The maximum absolute atomic E-state index is 12.7. The van der Waals surface area contributed by atoms with Crippen LogP contribution in [-0.4, -0.2) is 25.6 Å². The van der Waals surface area contributed by atoms with Crippen LogP contribution < -0.4 is 10.6 Å². The Kier molecular flexibility index (Phi) is 10.1. The third kappa shape index (κ3) is 7.81. The summed E-state index contributed by atoms with van der Waals surface area (Å²) in [6.45, 7) is 7.83. The summed E-state index contributed by atoms with van der Waals surface area (Å²) in [7, 11) is 0. The van der Waals surface area contributed by atoms with Crippen LogP contribution in [-0.2, 0) is 6.42 Å². The fourth-order valence-electron chi connectivity index (χ4n) is 1.46. The highest BCUT2D eigenvalue weighted by atomic mass is 127. The molecule has 0 aromatic heterocycles. The van der Waals surface area contributed by atoms with Crippen LogP contribution >= 0.6 is 24.0 Å². The number of halogens is 2. The predicted octanol–water partition coefficient (Wildman–Crippen LogP) is 2.73. The number of hydrogen-bond acceptors (Lipinski definition) is 1. The van der Waals surface area contributed by atoms with Gasteiger partial charge in [-0.05, 0) is 31.0 Å². The maximum atomic E-state index is 12.7. The summed E-state index contributed by atoms with van der Waals surface area (Å²) in [5.74, 6) is 0.572. The molecule has 0 fully saturated rings. The SMILES string of the molecule is C=CCNC(=NCCc1ccc(F)cc1)NCC.I. The molecule has 0 unspecified atom stereocenters. The van der Waals surface area contributed by atoms with Gasteiger partial charge in [-0.3, -0.25) is 4.99 Å². The Labute approximate surface area is 131 Å². The summed E-state index contributed by atoms with van der Waals surface area (Å²) < 4.78 is 12.7. The highest BCUT2D eigenvalue weighted by Gasteiger charge is 1.96. The Balaban J connectivity index is 0.00000324. The van der Waals surface area contributed by atoms with E-state index in [-0.39, 0.29) is 29.8 Å². The second kappa shape index (κ2) is 10.8. The largest absolute Gasteiger partial charge is 0.357 e. The molecule has 2 N–H and O–H groups in total. The topological polar surface area (TPSA) is 36.4 Å². The van der Waals surface area contributed by atoms with Crippen molar-refractivity contribution < 1.29 is 4.39 Å². The minimum atomic E-state index is -0.205. The van der Waals surface area contributed by atoms with Crippen molar-refractivity contribution in [1.29, 1.82) is 0 Å². The normalized spacial score (nSPS) is 10.5. The summed E-state index contributed by atoms with van der Waals surface area (Å²) in [5.41, 5.74) is 1.08. The van der Waals surface area contributed by atoms with Gasteiger partial charge in [0, 0.05) is 19.6 Å². The van der Waals surface area contributed by atoms with E-state index in [2.05, 4.69) is 22.2 Å². The second-order valence-corrected chi connectivity index (χ2v) is 3.81. The highest BCUT2D eigenvalue weighted by Crippen LogP contribution is 2.03. The molecule has 0 aliphatic carbocycles. The van der Waals surface area contributed by atoms with Crippen LogP contribution in [0.3, 0.4) is 0 Å². The molecular weight excluding hydrogens is 356 g/mol. The lowest BCUT2D eigenvalue weighted by atomic mass is 10.1. The minimum absolute atomic E-state index is 0. The van der Waals surface area contributed by atoms with Crippen molar-refractivity contribution in [2.45, 2.75) is 13.3 Å². The van der Waals surface area contributed by atoms with Crippen LogP contribution in [0.2, 0.25) is 0 Å². The standard InChI is InChI=1S/C14H20FN3.HI/c1-3-10-17-14(16-4-2)18-11-9-12-5-7-13(15)8-6-12;/h3,5-8H,1,4,9-11H2,2H3,(H2,16,17,18);1H. The fraction of sp³-hybridized carbons (Fsp3) is 0.357. The molecule has 0 spiro atoms. The van der Waals surface area contributed by atoms with E-state index >= 15 is 0 Å². The number of rotatable bonds is 6. The summed E-state index contributed by atoms with van der Waals surface area (Å²) in [4.78, 5) is 4.42. The molecule has 1 rings (SSSR count). The monoisotopic (exact) mass is 377 g/mol. The van der Waals surface area contributed by atoms with Gasteiger partial charge in [-0.1, -0.05) is 18.2 Å². The van der Waals surface area contributed by atoms with E-state index < -0.39 is 0 Å². The van der Waals surface area contributed by atoms with E-state index in [4.69, 9.17) is 0 Å². The van der Waals surface area contributed by atoms with Crippen molar-refractivity contribution in [1.82, 2.24) is 10.6 Å². The van der Waals surface area contributed by atoms with Crippen LogP contribution in [0.5, 0.6) is 0 Å². The molecule has 1 aromatic carbocycles. The quantitative estimate of drug-likeness (QED) is 0.346. The first kappa shape index (κ1) is 17.9. The van der Waals surface area contributed by atoms with E-state index in [1.165, 1.54) is 12.1 Å². The number of benzene rings is 1. The van der Waals surface area contributed by atoms with Crippen molar-refractivity contribution in [3.05, 3.63) is 48.3 Å². The first-order valence-corrected chi connectivity index (χ1v) is 6.13. The van der Waals surface area contributed by atoms with Crippen LogP contribution in [0.1, 0.15) is 12.5 Å². The summed E-state index contributed by atoms with van der Waals surface area (Å²) in [5, 5.41) is 6.27. The molecule has 5 heteroatoms. The summed E-state index contributed by atoms with van der Waals surface area (Å²) >= 11 is 0. The van der Waals surface area contributed by atoms with Gasteiger partial charge in [-0.25, -0.2) is 4.39 Å². The van der Waals surface area contributed by atoms with Crippen LogP contribution in [0.15, 0.2) is 41.9 Å². The average Bonchev–Trinajstić information content (AvgIpc) is 2.38. The van der Waals surface area contributed by atoms with Gasteiger partial charge >= 0.3 is 0 Å². The molecule has 0 aliphatic heterocycles. The number of guanidine groups is 1. The van der Waals surface area contributed by atoms with Crippen molar-refractivity contribution >= 4 is 29.9 Å². The van der Waals surface area contributed by atoms with Gasteiger partial charge in [0.2, 0.25) is 0 Å². The molecule has 0 saturated heterocycles. The van der Waals surface area contributed by atoms with Crippen molar-refractivity contribution in [3.63, 3.8) is 0 Å². The van der Waals surface area contributed by atoms with E-state index in [0.717, 1.165) is 24.5 Å². The van der Waals surface area contributed by atoms with Crippen molar-refractivity contribution in [3.8, 4) is 0 Å². The fourth-order valence-corrected chi connectivity index (χ4v) is 1.46. The second-order valence-electron chi connectivity index (χ2n) is 3.81. The zero-order chi connectivity index (χ0) is 13.2. The molecule has 0 heterocycles. The maximum Gasteiger partial charge on any atom is 0.191 e. The van der Waals surface area contributed by atoms with Crippen LogP contribution in [0, 0.1) is 5.82 Å². The van der Waals surface area contributed by atoms with Gasteiger partial charge in [0.1, 0.15) is 5.82 Å². The molecule has 1 aromatic rings. The highest BCUT2D eigenvalue weighted by molar-refractivity contribution is 14.0. The Hall–Kier alpha value is -1.11. The van der Waals surface area contributed by atoms with E-state index in [1.54, 1.807) is 18.2 Å². The molecule has 3 nitrogen and oxygen atoms in total. The molecule has 106 valence electrons. The molecule has 0 radical (unpaired) electrons. The molecular formula is C14H21FIN3. The first-order valence-electron chi connectivity index (χ1n) is 6.13. The Bertz CT molecular complexity index is 390. The Morgan fingerprint density at radius 3 is 2.58 bits per heavy atom. The average molecular weight is 377 g/mol. The number of hydrogen-bond donors (Lipinski definition) is 2. The van der Waals surface area contributed by atoms with Crippen LogP contribution in [0.4, 0.5) is 4.39 Å². The van der Waals surface area contributed by atoms with Gasteiger partial charge < -0.3 is 10.6 Å². The van der Waals surface area contributed by atoms with Gasteiger partial charge in [-0.2, -0.15) is 0 Å². The zero-order valence-corrected chi connectivity index (χ0v) is 13.5. The molecule has 0 saturated carbocycles. The predicted molar refractivity (Wildman–Crippen MR) is 89.7 cm³/mol. The molecule has 0 atom stereocenters. The van der Waals surface area contributed by atoms with Crippen molar-refractivity contribution in [2.24, 2.45) is 4.99 Å². The van der Waals surface area contributed by atoms with Gasteiger partial charge in [0.05, 0.1) is 0 Å². The lowest BCUT2D eigenvalue weighted by molar-refractivity contribution is 0.627. The van der Waals surface area contributed by atoms with Crippen LogP contribution in [0.25, 0.3) is 0 Å². The third-order valence-corrected chi connectivity index (χ3v) is 2.34. The zero-order valence-electron chi connectivity index (χ0n) is 11.2. The smallest absolute Gasteiger partial charge is 0.191 e. The minimum Gasteiger partial charge on any atom is -0.357 e. The van der Waals surface area contributed by atoms with Crippen molar-refractivity contribution in [2.75, 3.05) is 19.6 Å². The lowest BCUT2D eigenvalue weighted by Crippen LogP contribution is -2.37. The number of nitrogens with zero attached hydrogens (tertiary/aromatic N) is 1. The van der Waals surface area contributed by atoms with Gasteiger partial charge in [0.15, 0.2) is 5.96 Å². The molecule has 0 bridgehead atoms. The van der Waals surface area contributed by atoms with Gasteiger partial charge in [-0.15, -0.1) is 30.6 Å². The molecule has 0 aliphatic rings. The Morgan fingerprint density at radius 1 is 1.32 bits per heavy atom. The van der Waals surface area contributed by atoms with E-state index in [0.29, 0.717) is 13.1 Å². The summed E-state index contributed by atoms with van der Waals surface area (Å²) in [6, 6.07) is 6.52. The molecule has 0 amide bonds. The first-order chi connectivity index (χ1) is 8.76. The van der Waals surface area contributed by atoms with E-state index in [1.807, 2.05) is 6.92 Å². The third-order valence-electron chi connectivity index (χ3n) is 2.34. The number of nitrogens with one attached hydrogen (secondary N) is 2. The number of aliphatic imine (C=N–C) groups is 1. The van der Waals surface area contributed by atoms with Gasteiger partial charge in [0.25, 0.3) is 0 Å². The summed E-state index contributed by atoms with van der Waals surface area (Å²) in [6.07, 6.45) is 2.58. The molecule has 19 heavy (non-hydrogen) atoms. The van der Waals surface area contributed by atoms with E-state index in [9.17, 15) is 4.39 Å². The Morgan fingerprint density at radius 2 is 2.00 bits per heavy atom. The lowest BCUT2D eigenvalue weighted by Gasteiger charge is -2.09.